The fourth-order valence-electron chi connectivity index (χ4n) is 0.962. The van der Waals surface area contributed by atoms with Crippen LogP contribution in [0.15, 0.2) is 29.3 Å². The Bertz CT molecular complexity index is 290. The molecule has 0 atom stereocenters. The van der Waals surface area contributed by atoms with Gasteiger partial charge in [0.1, 0.15) is 0 Å². The van der Waals surface area contributed by atoms with Gasteiger partial charge in [0, 0.05) is 17.8 Å². The molecule has 0 unspecified atom stereocenters. The van der Waals surface area contributed by atoms with Crippen molar-refractivity contribution < 1.29 is 4.39 Å². The molecule has 0 amide bonds. The van der Waals surface area contributed by atoms with Crippen LogP contribution in [0, 0.1) is 0 Å². The molecule has 2 N–H and O–H groups in total. The number of benzene rings is 1. The van der Waals surface area contributed by atoms with Gasteiger partial charge in [0.15, 0.2) is 0 Å². The van der Waals surface area contributed by atoms with Gasteiger partial charge < -0.3 is 5.73 Å². The van der Waals surface area contributed by atoms with Crippen molar-refractivity contribution in [3.8, 4) is 0 Å². The Morgan fingerprint density at radius 3 is 2.54 bits per heavy atom. The second-order valence-electron chi connectivity index (χ2n) is 2.88. The summed E-state index contributed by atoms with van der Waals surface area (Å²) in [4.78, 5) is 4.21. The Morgan fingerprint density at radius 2 is 2.00 bits per heavy atom. The van der Waals surface area contributed by atoms with Gasteiger partial charge in [-0.05, 0) is 31.2 Å². The highest BCUT2D eigenvalue weighted by molar-refractivity contribution is 5.84. The van der Waals surface area contributed by atoms with Crippen molar-refractivity contribution in [3.05, 3.63) is 24.3 Å². The van der Waals surface area contributed by atoms with Crippen LogP contribution in [0.25, 0.3) is 0 Å². The molecule has 0 aromatic heterocycles. The number of nitrogen functional groups attached to an aromatic ring is 1. The minimum absolute atomic E-state index is 0.357. The second kappa shape index (κ2) is 4.60. The Balaban J connectivity index is 2.73. The zero-order valence-electron chi connectivity index (χ0n) is 7.63. The highest BCUT2D eigenvalue weighted by Gasteiger charge is 1.92. The fraction of sp³-hybridized carbons (Fsp3) is 0.300. The predicted molar refractivity (Wildman–Crippen MR) is 54.2 cm³/mol. The maximum atomic E-state index is 11.9. The van der Waals surface area contributed by atoms with E-state index in [1.54, 1.807) is 12.1 Å². The molecule has 0 aliphatic heterocycles. The third-order valence-corrected chi connectivity index (χ3v) is 1.67. The Hall–Kier alpha value is -1.38. The van der Waals surface area contributed by atoms with E-state index < -0.39 is 0 Å². The first-order chi connectivity index (χ1) is 6.22. The molecule has 0 radical (unpaired) electrons. The predicted octanol–water partition coefficient (Wildman–Crippen LogP) is 2.72. The topological polar surface area (TPSA) is 38.4 Å². The normalized spacial score (nSPS) is 11.7. The monoisotopic (exact) mass is 180 g/mol. The van der Waals surface area contributed by atoms with Crippen LogP contribution < -0.4 is 5.73 Å². The van der Waals surface area contributed by atoms with E-state index in [1.807, 2.05) is 19.1 Å². The van der Waals surface area contributed by atoms with Crippen LogP contribution in [0.2, 0.25) is 0 Å². The summed E-state index contributed by atoms with van der Waals surface area (Å²) in [7, 11) is 0. The van der Waals surface area contributed by atoms with Gasteiger partial charge in [0.2, 0.25) is 0 Å². The molecule has 0 spiro atoms. The van der Waals surface area contributed by atoms with E-state index in [1.165, 1.54) is 0 Å². The number of nitrogens with two attached hydrogens (primary N) is 1. The standard InChI is InChI=1S/C10H13FN2/c1-8(6-7-11)13-10-4-2-9(12)3-5-10/h2-5H,6-7,12H2,1H3. The van der Waals surface area contributed by atoms with Gasteiger partial charge in [-0.3, -0.25) is 9.38 Å². The van der Waals surface area contributed by atoms with Gasteiger partial charge in [-0.2, -0.15) is 0 Å². The Kier molecular flexibility index (Phi) is 3.43. The molecule has 1 rings (SSSR count). The van der Waals surface area contributed by atoms with Crippen molar-refractivity contribution in [1.82, 2.24) is 0 Å². The molecule has 13 heavy (non-hydrogen) atoms. The number of anilines is 1. The first kappa shape index (κ1) is 9.71. The summed E-state index contributed by atoms with van der Waals surface area (Å²) < 4.78 is 11.9. The Morgan fingerprint density at radius 1 is 1.38 bits per heavy atom. The largest absolute Gasteiger partial charge is 0.399 e. The number of halogens is 1. The number of alkyl halides is 1. The minimum Gasteiger partial charge on any atom is -0.399 e. The molecule has 0 heterocycles. The zero-order chi connectivity index (χ0) is 9.68. The molecule has 0 aliphatic carbocycles. The van der Waals surface area contributed by atoms with Crippen LogP contribution in [-0.2, 0) is 0 Å². The molecule has 3 heteroatoms. The summed E-state index contributed by atoms with van der Waals surface area (Å²) in [6.45, 7) is 1.46. The third kappa shape index (κ3) is 3.23. The average Bonchev–Trinajstić information content (AvgIpc) is 2.09. The lowest BCUT2D eigenvalue weighted by atomic mass is 10.2. The van der Waals surface area contributed by atoms with Crippen LogP contribution in [0.5, 0.6) is 0 Å². The van der Waals surface area contributed by atoms with E-state index in [0.717, 1.165) is 11.4 Å². The van der Waals surface area contributed by atoms with Gasteiger partial charge in [0.05, 0.1) is 12.4 Å². The Labute approximate surface area is 77.3 Å². The SMILES string of the molecule is CC(CCF)=Nc1ccc(N)cc1. The molecule has 1 aromatic rings. The van der Waals surface area contributed by atoms with E-state index in [9.17, 15) is 4.39 Å². The fourth-order valence-corrected chi connectivity index (χ4v) is 0.962. The van der Waals surface area contributed by atoms with Gasteiger partial charge in [0.25, 0.3) is 0 Å². The van der Waals surface area contributed by atoms with E-state index >= 15 is 0 Å². The third-order valence-electron chi connectivity index (χ3n) is 1.67. The molecule has 0 saturated carbocycles. The first-order valence-electron chi connectivity index (χ1n) is 4.18. The summed E-state index contributed by atoms with van der Waals surface area (Å²) in [5, 5.41) is 0. The zero-order valence-corrected chi connectivity index (χ0v) is 7.63. The first-order valence-corrected chi connectivity index (χ1v) is 4.18. The number of hydrogen-bond acceptors (Lipinski definition) is 2. The van der Waals surface area contributed by atoms with Crippen molar-refractivity contribution >= 4 is 17.1 Å². The van der Waals surface area contributed by atoms with Crippen molar-refractivity contribution in [1.29, 1.82) is 0 Å². The van der Waals surface area contributed by atoms with Crippen molar-refractivity contribution in [2.24, 2.45) is 4.99 Å². The van der Waals surface area contributed by atoms with Gasteiger partial charge in [-0.25, -0.2) is 0 Å². The number of aliphatic imine (C=N–C) groups is 1. The summed E-state index contributed by atoms with van der Waals surface area (Å²) >= 11 is 0. The lowest BCUT2D eigenvalue weighted by Gasteiger charge is -1.97. The molecule has 70 valence electrons. The quantitative estimate of drug-likeness (QED) is 0.563. The summed E-state index contributed by atoms with van der Waals surface area (Å²) in [5.74, 6) is 0. The summed E-state index contributed by atoms with van der Waals surface area (Å²) in [6, 6.07) is 7.19. The van der Waals surface area contributed by atoms with Crippen molar-refractivity contribution in [3.63, 3.8) is 0 Å². The number of hydrogen-bond donors (Lipinski definition) is 1. The summed E-state index contributed by atoms with van der Waals surface area (Å²) in [6.07, 6.45) is 0.393. The van der Waals surface area contributed by atoms with Gasteiger partial charge in [-0.1, -0.05) is 0 Å². The molecule has 0 bridgehead atoms. The highest BCUT2D eigenvalue weighted by Crippen LogP contribution is 2.14. The summed E-state index contributed by atoms with van der Waals surface area (Å²) in [5.41, 5.74) is 7.84. The smallest absolute Gasteiger partial charge is 0.0946 e. The lowest BCUT2D eigenvalue weighted by Crippen LogP contribution is -1.91. The number of rotatable bonds is 3. The van der Waals surface area contributed by atoms with Crippen LogP contribution in [0.4, 0.5) is 15.8 Å². The van der Waals surface area contributed by atoms with E-state index in [0.29, 0.717) is 12.1 Å². The van der Waals surface area contributed by atoms with Gasteiger partial charge >= 0.3 is 0 Å². The van der Waals surface area contributed by atoms with Crippen LogP contribution in [0.3, 0.4) is 0 Å². The molecule has 0 fully saturated rings. The lowest BCUT2D eigenvalue weighted by molar-refractivity contribution is 0.508. The molecule has 1 aromatic carbocycles. The minimum atomic E-state index is -0.357. The highest BCUT2D eigenvalue weighted by atomic mass is 19.1. The average molecular weight is 180 g/mol. The molecule has 2 nitrogen and oxygen atoms in total. The van der Waals surface area contributed by atoms with E-state index in [-0.39, 0.29) is 6.67 Å². The molecular weight excluding hydrogens is 167 g/mol. The molecule has 0 saturated heterocycles. The number of nitrogens with zero attached hydrogens (tertiary/aromatic N) is 1. The molecule has 0 aliphatic rings. The van der Waals surface area contributed by atoms with Crippen LogP contribution >= 0.6 is 0 Å². The second-order valence-corrected chi connectivity index (χ2v) is 2.88. The van der Waals surface area contributed by atoms with Crippen LogP contribution in [0.1, 0.15) is 13.3 Å². The van der Waals surface area contributed by atoms with Gasteiger partial charge in [-0.15, -0.1) is 0 Å². The molecular formula is C10H13FN2. The van der Waals surface area contributed by atoms with Crippen molar-refractivity contribution in [2.45, 2.75) is 13.3 Å². The van der Waals surface area contributed by atoms with Crippen molar-refractivity contribution in [2.75, 3.05) is 12.4 Å². The van der Waals surface area contributed by atoms with E-state index in [2.05, 4.69) is 4.99 Å². The van der Waals surface area contributed by atoms with Crippen LogP contribution in [-0.4, -0.2) is 12.4 Å². The maximum Gasteiger partial charge on any atom is 0.0946 e. The van der Waals surface area contributed by atoms with E-state index in [4.69, 9.17) is 5.73 Å². The maximum absolute atomic E-state index is 11.9.